The molecule has 7 nitrogen and oxygen atoms in total. The quantitative estimate of drug-likeness (QED) is 0.368. The molecule has 0 aromatic carbocycles. The fraction of sp³-hybridized carbons (Fsp3) is 0.857. The van der Waals surface area contributed by atoms with E-state index in [-0.39, 0.29) is 29.2 Å². The summed E-state index contributed by atoms with van der Waals surface area (Å²) in [5.41, 5.74) is 5.11. The van der Waals surface area contributed by atoms with Gasteiger partial charge in [-0.25, -0.2) is 0 Å². The number of rotatable bonds is 7. The molecule has 0 aromatic rings. The zero-order valence-corrected chi connectivity index (χ0v) is 18.9. The molecule has 4 fully saturated rings. The first kappa shape index (κ1) is 22.3. The topological polar surface area (TPSA) is 91.5 Å². The van der Waals surface area contributed by atoms with Crippen LogP contribution in [-0.2, 0) is 14.3 Å². The molecule has 4 aliphatic rings. The summed E-state index contributed by atoms with van der Waals surface area (Å²) in [4.78, 5) is 26.1. The maximum absolute atomic E-state index is 13.3. The predicted octanol–water partition coefficient (Wildman–Crippen LogP) is 1.87. The van der Waals surface area contributed by atoms with Gasteiger partial charge in [-0.2, -0.15) is 0 Å². The average Bonchev–Trinajstić information content (AvgIpc) is 2.62. The van der Waals surface area contributed by atoms with Gasteiger partial charge >= 0.3 is 0 Å². The van der Waals surface area contributed by atoms with Crippen molar-refractivity contribution in [2.24, 2.45) is 29.1 Å². The summed E-state index contributed by atoms with van der Waals surface area (Å²) in [5, 5.41) is 6.43. The largest absolute Gasteiger partial charge is 0.383 e. The van der Waals surface area contributed by atoms with E-state index in [9.17, 15) is 9.59 Å². The van der Waals surface area contributed by atoms with Crippen LogP contribution in [0.2, 0.25) is 0 Å². The van der Waals surface area contributed by atoms with Gasteiger partial charge in [0, 0.05) is 18.6 Å². The first-order valence-corrected chi connectivity index (χ1v) is 11.3. The molecule has 0 aliphatic heterocycles. The number of amides is 2. The molecule has 0 aromatic heterocycles. The van der Waals surface area contributed by atoms with Crippen LogP contribution < -0.4 is 21.5 Å². The van der Waals surface area contributed by atoms with Crippen LogP contribution in [0, 0.1) is 29.1 Å². The number of carbonyl (C=O) groups is 2. The fourth-order valence-corrected chi connectivity index (χ4v) is 6.22. The van der Waals surface area contributed by atoms with Crippen molar-refractivity contribution in [3.05, 3.63) is 0 Å². The van der Waals surface area contributed by atoms with E-state index in [2.05, 4.69) is 21.5 Å². The molecule has 0 unspecified atom stereocenters. The van der Waals surface area contributed by atoms with Crippen LogP contribution in [0.25, 0.3) is 0 Å². The highest BCUT2D eigenvalue weighted by molar-refractivity contribution is 7.80. The molecule has 0 radical (unpaired) electrons. The third-order valence-electron chi connectivity index (χ3n) is 6.85. The van der Waals surface area contributed by atoms with E-state index < -0.39 is 6.04 Å². The van der Waals surface area contributed by atoms with Crippen LogP contribution >= 0.6 is 12.2 Å². The van der Waals surface area contributed by atoms with E-state index in [1.165, 1.54) is 19.3 Å². The second-order valence-electron chi connectivity index (χ2n) is 9.84. The maximum atomic E-state index is 13.3. The van der Waals surface area contributed by atoms with Gasteiger partial charge in [-0.3, -0.25) is 20.4 Å². The van der Waals surface area contributed by atoms with Gasteiger partial charge < -0.3 is 15.4 Å². The van der Waals surface area contributed by atoms with E-state index in [1.54, 1.807) is 7.11 Å². The van der Waals surface area contributed by atoms with Crippen molar-refractivity contribution < 1.29 is 14.3 Å². The number of ether oxygens (including phenoxy) is 1. The van der Waals surface area contributed by atoms with Crippen molar-refractivity contribution in [2.75, 3.05) is 13.7 Å². The third kappa shape index (κ3) is 5.20. The van der Waals surface area contributed by atoms with E-state index >= 15 is 0 Å². The minimum atomic E-state index is -0.595. The van der Waals surface area contributed by atoms with Gasteiger partial charge in [-0.1, -0.05) is 13.8 Å². The molecule has 2 amide bonds. The highest BCUT2D eigenvalue weighted by Crippen LogP contribution is 2.60. The Kier molecular flexibility index (Phi) is 7.04. The summed E-state index contributed by atoms with van der Waals surface area (Å²) in [6.45, 7) is 6.33. The standard InChI is InChI=1S/C21H36N4O3S/c1-12(2)17(18(26)24-25-20(29)22-13(3)11-28-4)23-19(27)21-8-14-5-15(9-21)7-16(6-14)10-21/h12-17H,5-11H2,1-4H3,(H,23,27)(H,24,26)(H2,22,25,29)/t13-,14?,15?,16?,17+,21?/m0/s1. The monoisotopic (exact) mass is 424 g/mol. The molecule has 4 saturated carbocycles. The molecule has 4 rings (SSSR count). The van der Waals surface area contributed by atoms with Gasteiger partial charge in [-0.15, -0.1) is 0 Å². The fourth-order valence-electron chi connectivity index (χ4n) is 5.97. The summed E-state index contributed by atoms with van der Waals surface area (Å²) in [6.07, 6.45) is 6.83. The summed E-state index contributed by atoms with van der Waals surface area (Å²) in [5.74, 6) is 1.85. The Labute approximate surface area is 179 Å². The molecule has 0 heterocycles. The van der Waals surface area contributed by atoms with Crippen LogP contribution in [0.3, 0.4) is 0 Å². The van der Waals surface area contributed by atoms with Crippen LogP contribution in [0.4, 0.5) is 0 Å². The van der Waals surface area contributed by atoms with Crippen LogP contribution in [0.15, 0.2) is 0 Å². The molecule has 4 aliphatic carbocycles. The molecule has 0 saturated heterocycles. The van der Waals surface area contributed by atoms with Gasteiger partial charge in [0.1, 0.15) is 6.04 Å². The maximum Gasteiger partial charge on any atom is 0.261 e. The van der Waals surface area contributed by atoms with E-state index in [0.717, 1.165) is 19.3 Å². The van der Waals surface area contributed by atoms with Crippen molar-refractivity contribution in [1.29, 1.82) is 0 Å². The van der Waals surface area contributed by atoms with Crippen molar-refractivity contribution in [1.82, 2.24) is 21.5 Å². The number of thiocarbonyl (C=S) groups is 1. The molecule has 4 bridgehead atoms. The molecule has 8 heteroatoms. The highest BCUT2D eigenvalue weighted by atomic mass is 32.1. The van der Waals surface area contributed by atoms with Gasteiger partial charge in [0.15, 0.2) is 5.11 Å². The van der Waals surface area contributed by atoms with Crippen molar-refractivity contribution >= 4 is 29.1 Å². The summed E-state index contributed by atoms with van der Waals surface area (Å²) in [6, 6.07) is -0.573. The Morgan fingerprint density at radius 2 is 1.55 bits per heavy atom. The van der Waals surface area contributed by atoms with Gasteiger partial charge in [0.2, 0.25) is 5.91 Å². The van der Waals surface area contributed by atoms with E-state index in [1.807, 2.05) is 20.8 Å². The normalized spacial score (nSPS) is 31.8. The summed E-state index contributed by atoms with van der Waals surface area (Å²) in [7, 11) is 1.62. The third-order valence-corrected chi connectivity index (χ3v) is 7.07. The number of carbonyl (C=O) groups excluding carboxylic acids is 2. The second-order valence-corrected chi connectivity index (χ2v) is 10.2. The van der Waals surface area contributed by atoms with Gasteiger partial charge in [0.25, 0.3) is 5.91 Å². The van der Waals surface area contributed by atoms with E-state index in [4.69, 9.17) is 17.0 Å². The Hall–Kier alpha value is -1.41. The van der Waals surface area contributed by atoms with Crippen LogP contribution in [0.5, 0.6) is 0 Å². The van der Waals surface area contributed by atoms with Crippen molar-refractivity contribution in [3.63, 3.8) is 0 Å². The van der Waals surface area contributed by atoms with Crippen molar-refractivity contribution in [3.8, 4) is 0 Å². The summed E-state index contributed by atoms with van der Waals surface area (Å²) >= 11 is 5.20. The molecule has 29 heavy (non-hydrogen) atoms. The molecule has 4 N–H and O–H groups in total. The Bertz CT molecular complexity index is 604. The van der Waals surface area contributed by atoms with Gasteiger partial charge in [0.05, 0.1) is 6.61 Å². The SMILES string of the molecule is COC[C@H](C)NC(=S)NNC(=O)[C@H](NC(=O)C12CC3CC(CC(C3)C1)C2)C(C)C. The van der Waals surface area contributed by atoms with Crippen LogP contribution in [0.1, 0.15) is 59.3 Å². The molecule has 2 atom stereocenters. The Morgan fingerprint density at radius 1 is 1.00 bits per heavy atom. The molecular weight excluding hydrogens is 388 g/mol. The number of nitrogens with one attached hydrogen (secondary N) is 4. The minimum Gasteiger partial charge on any atom is -0.383 e. The molecule has 164 valence electrons. The smallest absolute Gasteiger partial charge is 0.261 e. The number of methoxy groups -OCH3 is 1. The van der Waals surface area contributed by atoms with Gasteiger partial charge in [-0.05, 0) is 81.3 Å². The summed E-state index contributed by atoms with van der Waals surface area (Å²) < 4.78 is 5.06. The minimum absolute atomic E-state index is 0.0218. The first-order valence-electron chi connectivity index (χ1n) is 10.9. The highest BCUT2D eigenvalue weighted by Gasteiger charge is 2.55. The number of hydrogen-bond acceptors (Lipinski definition) is 4. The zero-order chi connectivity index (χ0) is 21.2. The second kappa shape index (κ2) is 9.16. The lowest BCUT2D eigenvalue weighted by Crippen LogP contribution is -2.60. The lowest BCUT2D eigenvalue weighted by Gasteiger charge is -2.55. The first-order chi connectivity index (χ1) is 13.7. The van der Waals surface area contributed by atoms with Crippen LogP contribution in [-0.4, -0.2) is 42.7 Å². The Balaban J connectivity index is 1.55. The molecule has 0 spiro atoms. The predicted molar refractivity (Wildman–Crippen MR) is 116 cm³/mol. The zero-order valence-electron chi connectivity index (χ0n) is 18.0. The number of hydrogen-bond donors (Lipinski definition) is 4. The average molecular weight is 425 g/mol. The van der Waals surface area contributed by atoms with Crippen molar-refractivity contribution in [2.45, 2.75) is 71.4 Å². The lowest BCUT2D eigenvalue weighted by molar-refractivity contribution is -0.149. The Morgan fingerprint density at radius 3 is 2.03 bits per heavy atom. The lowest BCUT2D eigenvalue weighted by atomic mass is 9.49. The van der Waals surface area contributed by atoms with E-state index in [0.29, 0.717) is 29.5 Å². The number of hydrazine groups is 1. The molecular formula is C21H36N4O3S.